The summed E-state index contributed by atoms with van der Waals surface area (Å²) in [5, 5.41) is 10.2. The lowest BCUT2D eigenvalue weighted by atomic mass is 10.00. The third-order valence-corrected chi connectivity index (χ3v) is 7.39. The Balaban J connectivity index is 1.28. The highest BCUT2D eigenvalue weighted by Crippen LogP contribution is 2.42. The average Bonchev–Trinajstić information content (AvgIpc) is 3.34. The Morgan fingerprint density at radius 2 is 1.66 bits per heavy atom. The standard InChI is InChI=1S/C24H26F6N4O/c25-16-7-18(22(27)20(26)8-16)21-9-19(24(28,29)30)23(33-32-21)31-17-5-14-11-34(12-15(14)6-17)10-13-1-3-35-4-2-13/h7-9,13-15,17H,1-6,10-12H2,(H,31,33)/t14-,15+,17-. The minimum absolute atomic E-state index is 0.195. The monoisotopic (exact) mass is 500 g/mol. The predicted octanol–water partition coefficient (Wildman–Crippen LogP) is 5.13. The van der Waals surface area contributed by atoms with Gasteiger partial charge < -0.3 is 15.0 Å². The fraction of sp³-hybridized carbons (Fsp3) is 0.583. The van der Waals surface area contributed by atoms with Gasteiger partial charge in [0.25, 0.3) is 0 Å². The molecular weight excluding hydrogens is 474 g/mol. The van der Waals surface area contributed by atoms with Crippen LogP contribution < -0.4 is 5.32 Å². The molecule has 0 amide bonds. The van der Waals surface area contributed by atoms with Crippen molar-refractivity contribution in [2.24, 2.45) is 17.8 Å². The average molecular weight is 500 g/mol. The normalized spacial score (nSPS) is 25.7. The van der Waals surface area contributed by atoms with Gasteiger partial charge in [0, 0.05) is 50.5 Å². The number of fused-ring (bicyclic) bond motifs is 1. The lowest BCUT2D eigenvalue weighted by molar-refractivity contribution is -0.137. The van der Waals surface area contributed by atoms with E-state index < -0.39 is 46.3 Å². The molecule has 0 unspecified atom stereocenters. The van der Waals surface area contributed by atoms with E-state index in [-0.39, 0.29) is 6.04 Å². The van der Waals surface area contributed by atoms with Crippen LogP contribution in [0.4, 0.5) is 32.2 Å². The summed E-state index contributed by atoms with van der Waals surface area (Å²) >= 11 is 0. The van der Waals surface area contributed by atoms with Gasteiger partial charge in [-0.2, -0.15) is 13.2 Å². The van der Waals surface area contributed by atoms with Crippen LogP contribution in [0.15, 0.2) is 18.2 Å². The molecule has 3 aliphatic rings. The first-order chi connectivity index (χ1) is 16.7. The number of hydrogen-bond donors (Lipinski definition) is 1. The number of likely N-dealkylation sites (tertiary alicyclic amines) is 1. The van der Waals surface area contributed by atoms with Crippen molar-refractivity contribution in [1.82, 2.24) is 15.1 Å². The van der Waals surface area contributed by atoms with Crippen LogP contribution >= 0.6 is 0 Å². The maximum Gasteiger partial charge on any atom is 0.420 e. The van der Waals surface area contributed by atoms with Crippen molar-refractivity contribution in [3.8, 4) is 11.3 Å². The molecule has 2 aliphatic heterocycles. The summed E-state index contributed by atoms with van der Waals surface area (Å²) in [6, 6.07) is 1.30. The van der Waals surface area contributed by atoms with Gasteiger partial charge in [0.1, 0.15) is 11.4 Å². The van der Waals surface area contributed by atoms with E-state index in [4.69, 9.17) is 4.74 Å². The predicted molar refractivity (Wildman–Crippen MR) is 116 cm³/mol. The van der Waals surface area contributed by atoms with Crippen molar-refractivity contribution in [1.29, 1.82) is 0 Å². The molecule has 2 aromatic rings. The molecule has 5 rings (SSSR count). The van der Waals surface area contributed by atoms with Crippen LogP contribution in [0, 0.1) is 35.2 Å². The molecule has 190 valence electrons. The first-order valence-corrected chi connectivity index (χ1v) is 11.8. The second-order valence-electron chi connectivity index (χ2n) is 9.85. The van der Waals surface area contributed by atoms with Crippen LogP contribution in [0.3, 0.4) is 0 Å². The quantitative estimate of drug-likeness (QED) is 0.456. The number of nitrogens with zero attached hydrogens (tertiary/aromatic N) is 3. The molecular formula is C24H26F6N4O. The van der Waals surface area contributed by atoms with Crippen molar-refractivity contribution in [3.63, 3.8) is 0 Å². The molecule has 0 spiro atoms. The van der Waals surface area contributed by atoms with E-state index in [1.807, 2.05) is 0 Å². The number of benzene rings is 1. The van der Waals surface area contributed by atoms with Gasteiger partial charge in [0.15, 0.2) is 17.5 Å². The first-order valence-electron chi connectivity index (χ1n) is 11.8. The van der Waals surface area contributed by atoms with Gasteiger partial charge in [-0.05, 0) is 55.6 Å². The van der Waals surface area contributed by atoms with E-state index in [2.05, 4.69) is 20.4 Å². The van der Waals surface area contributed by atoms with Crippen LogP contribution in [0.2, 0.25) is 0 Å². The zero-order valence-corrected chi connectivity index (χ0v) is 18.9. The van der Waals surface area contributed by atoms with E-state index >= 15 is 0 Å². The molecule has 3 heterocycles. The second-order valence-corrected chi connectivity index (χ2v) is 9.85. The molecule has 2 saturated heterocycles. The van der Waals surface area contributed by atoms with Gasteiger partial charge in [-0.3, -0.25) is 0 Å². The fourth-order valence-corrected chi connectivity index (χ4v) is 5.74. The minimum Gasteiger partial charge on any atom is -0.381 e. The Hall–Kier alpha value is -2.40. The number of halogens is 6. The van der Waals surface area contributed by atoms with Crippen LogP contribution in [0.5, 0.6) is 0 Å². The van der Waals surface area contributed by atoms with Gasteiger partial charge in [0.2, 0.25) is 0 Å². The second kappa shape index (κ2) is 9.57. The van der Waals surface area contributed by atoms with Crippen LogP contribution in [-0.4, -0.2) is 54.0 Å². The van der Waals surface area contributed by atoms with Crippen LogP contribution in [0.1, 0.15) is 31.2 Å². The molecule has 3 fully saturated rings. The van der Waals surface area contributed by atoms with Gasteiger partial charge in [-0.1, -0.05) is 0 Å². The Labute approximate surface area is 198 Å². The smallest absolute Gasteiger partial charge is 0.381 e. The van der Waals surface area contributed by atoms with Crippen molar-refractivity contribution < 1.29 is 31.1 Å². The lowest BCUT2D eigenvalue weighted by Gasteiger charge is -2.28. The third kappa shape index (κ3) is 5.25. The number of hydrogen-bond acceptors (Lipinski definition) is 5. The Bertz CT molecular complexity index is 1060. The maximum absolute atomic E-state index is 14.1. The SMILES string of the molecule is Fc1cc(F)c(F)c(-c2cc(C(F)(F)F)c(N[C@@H]3C[C@@H]4CN(CC5CCOCC5)C[C@@H]4C3)nn2)c1. The van der Waals surface area contributed by atoms with Crippen molar-refractivity contribution in [2.75, 3.05) is 38.2 Å². The zero-order valence-electron chi connectivity index (χ0n) is 18.9. The highest BCUT2D eigenvalue weighted by Gasteiger charge is 2.43. The van der Waals surface area contributed by atoms with Crippen LogP contribution in [-0.2, 0) is 10.9 Å². The molecule has 5 nitrogen and oxygen atoms in total. The van der Waals surface area contributed by atoms with E-state index in [1.54, 1.807) is 0 Å². The summed E-state index contributed by atoms with van der Waals surface area (Å²) in [5.41, 5.74) is -2.46. The molecule has 1 N–H and O–H groups in total. The minimum atomic E-state index is -4.82. The number of nitrogens with one attached hydrogen (secondary N) is 1. The van der Waals surface area contributed by atoms with Gasteiger partial charge in [-0.25, -0.2) is 13.2 Å². The van der Waals surface area contributed by atoms with E-state index in [0.29, 0.717) is 36.0 Å². The molecule has 0 radical (unpaired) electrons. The summed E-state index contributed by atoms with van der Waals surface area (Å²) in [5.74, 6) is -3.14. The summed E-state index contributed by atoms with van der Waals surface area (Å²) in [4.78, 5) is 2.46. The Morgan fingerprint density at radius 3 is 2.31 bits per heavy atom. The summed E-state index contributed by atoms with van der Waals surface area (Å²) in [6.07, 6.45) is -1.24. The summed E-state index contributed by atoms with van der Waals surface area (Å²) < 4.78 is 88.1. The number of rotatable bonds is 5. The number of alkyl halides is 3. The summed E-state index contributed by atoms with van der Waals surface area (Å²) in [7, 11) is 0. The molecule has 1 saturated carbocycles. The van der Waals surface area contributed by atoms with Crippen molar-refractivity contribution in [3.05, 3.63) is 41.2 Å². The summed E-state index contributed by atoms with van der Waals surface area (Å²) in [6.45, 7) is 4.51. The third-order valence-electron chi connectivity index (χ3n) is 7.39. The van der Waals surface area contributed by atoms with Gasteiger partial charge in [-0.15, -0.1) is 10.2 Å². The highest BCUT2D eigenvalue weighted by molar-refractivity contribution is 5.63. The molecule has 3 atom stereocenters. The van der Waals surface area contributed by atoms with Crippen molar-refractivity contribution in [2.45, 2.75) is 37.9 Å². The van der Waals surface area contributed by atoms with Gasteiger partial charge in [0.05, 0.1) is 5.69 Å². The highest BCUT2D eigenvalue weighted by atomic mass is 19.4. The maximum atomic E-state index is 14.1. The van der Waals surface area contributed by atoms with Gasteiger partial charge >= 0.3 is 6.18 Å². The topological polar surface area (TPSA) is 50.3 Å². The van der Waals surface area contributed by atoms with Crippen molar-refractivity contribution >= 4 is 5.82 Å². The number of anilines is 1. The van der Waals surface area contributed by atoms with Crippen LogP contribution in [0.25, 0.3) is 11.3 Å². The van der Waals surface area contributed by atoms with E-state index in [9.17, 15) is 26.3 Å². The molecule has 35 heavy (non-hydrogen) atoms. The lowest BCUT2D eigenvalue weighted by Crippen LogP contribution is -2.32. The zero-order chi connectivity index (χ0) is 24.7. The molecule has 0 bridgehead atoms. The molecule has 1 aromatic heterocycles. The Morgan fingerprint density at radius 1 is 0.971 bits per heavy atom. The number of aromatic nitrogens is 2. The fourth-order valence-electron chi connectivity index (χ4n) is 5.74. The molecule has 1 aromatic carbocycles. The number of ether oxygens (including phenoxy) is 1. The first kappa shape index (κ1) is 24.3. The van der Waals surface area contributed by atoms with E-state index in [0.717, 1.165) is 58.5 Å². The molecule has 11 heteroatoms. The Kier molecular flexibility index (Phi) is 6.65. The van der Waals surface area contributed by atoms with E-state index in [1.165, 1.54) is 0 Å². The molecule has 1 aliphatic carbocycles. The largest absolute Gasteiger partial charge is 0.420 e.